The molecule has 0 saturated carbocycles. The maximum atomic E-state index is 11.9. The standard InChI is InChI=1S/C17H26N2O4/c1-12(2)14-5-7-15(8-6-14)23-13(3)17(21)19-10-9-18-16(20)11-22-4/h5-8,12-13H,9-11H2,1-4H3,(H,18,20)(H,19,21). The van der Waals surface area contributed by atoms with Crippen LogP contribution in [0.25, 0.3) is 0 Å². The van der Waals surface area contributed by atoms with Crippen molar-refractivity contribution in [2.45, 2.75) is 32.8 Å². The summed E-state index contributed by atoms with van der Waals surface area (Å²) in [5.41, 5.74) is 1.22. The third kappa shape index (κ3) is 7.15. The Balaban J connectivity index is 2.32. The van der Waals surface area contributed by atoms with Crippen molar-refractivity contribution in [1.29, 1.82) is 0 Å². The molecule has 6 heteroatoms. The molecule has 0 aliphatic rings. The van der Waals surface area contributed by atoms with Crippen LogP contribution in [0.2, 0.25) is 0 Å². The van der Waals surface area contributed by atoms with Crippen LogP contribution in [0.1, 0.15) is 32.3 Å². The lowest BCUT2D eigenvalue weighted by atomic mass is 10.0. The van der Waals surface area contributed by atoms with Crippen molar-refractivity contribution in [2.24, 2.45) is 0 Å². The van der Waals surface area contributed by atoms with E-state index in [1.165, 1.54) is 12.7 Å². The lowest BCUT2D eigenvalue weighted by Gasteiger charge is -2.15. The summed E-state index contributed by atoms with van der Waals surface area (Å²) in [5, 5.41) is 5.34. The average molecular weight is 322 g/mol. The summed E-state index contributed by atoms with van der Waals surface area (Å²) in [5.74, 6) is 0.679. The van der Waals surface area contributed by atoms with Crippen LogP contribution in [-0.4, -0.2) is 44.7 Å². The summed E-state index contributed by atoms with van der Waals surface area (Å²) in [6.45, 7) is 6.64. The average Bonchev–Trinajstić information content (AvgIpc) is 2.52. The second-order valence-corrected chi connectivity index (χ2v) is 5.56. The quantitative estimate of drug-likeness (QED) is 0.675. The number of hydrogen-bond donors (Lipinski definition) is 2. The van der Waals surface area contributed by atoms with Gasteiger partial charge in [-0.1, -0.05) is 26.0 Å². The number of rotatable bonds is 9. The van der Waals surface area contributed by atoms with Gasteiger partial charge in [-0.2, -0.15) is 0 Å². The summed E-state index contributed by atoms with van der Waals surface area (Å²) >= 11 is 0. The van der Waals surface area contributed by atoms with Crippen molar-refractivity contribution < 1.29 is 19.1 Å². The molecule has 1 rings (SSSR count). The van der Waals surface area contributed by atoms with E-state index in [0.29, 0.717) is 24.8 Å². The monoisotopic (exact) mass is 322 g/mol. The molecule has 0 aliphatic carbocycles. The highest BCUT2D eigenvalue weighted by Crippen LogP contribution is 2.19. The van der Waals surface area contributed by atoms with Gasteiger partial charge in [-0.15, -0.1) is 0 Å². The Morgan fingerprint density at radius 1 is 1.04 bits per heavy atom. The predicted octanol–water partition coefficient (Wildman–Crippen LogP) is 1.46. The number of carbonyl (C=O) groups is 2. The molecule has 1 unspecified atom stereocenters. The fourth-order valence-electron chi connectivity index (χ4n) is 1.90. The summed E-state index contributed by atoms with van der Waals surface area (Å²) in [7, 11) is 1.45. The van der Waals surface area contributed by atoms with Gasteiger partial charge in [-0.25, -0.2) is 0 Å². The SMILES string of the molecule is COCC(=O)NCCNC(=O)C(C)Oc1ccc(C(C)C)cc1. The zero-order chi connectivity index (χ0) is 17.2. The van der Waals surface area contributed by atoms with E-state index < -0.39 is 6.10 Å². The van der Waals surface area contributed by atoms with Gasteiger partial charge in [0.2, 0.25) is 5.91 Å². The third-order valence-corrected chi connectivity index (χ3v) is 3.25. The van der Waals surface area contributed by atoms with Gasteiger partial charge in [0.25, 0.3) is 5.91 Å². The van der Waals surface area contributed by atoms with E-state index in [1.54, 1.807) is 6.92 Å². The maximum absolute atomic E-state index is 11.9. The number of nitrogens with one attached hydrogen (secondary N) is 2. The maximum Gasteiger partial charge on any atom is 0.260 e. The summed E-state index contributed by atoms with van der Waals surface area (Å²) in [6, 6.07) is 7.72. The van der Waals surface area contributed by atoms with E-state index in [4.69, 9.17) is 9.47 Å². The fraction of sp³-hybridized carbons (Fsp3) is 0.529. The molecule has 128 valence electrons. The molecule has 0 heterocycles. The van der Waals surface area contributed by atoms with Gasteiger partial charge in [0.05, 0.1) is 0 Å². The second-order valence-electron chi connectivity index (χ2n) is 5.56. The lowest BCUT2D eigenvalue weighted by Crippen LogP contribution is -2.41. The number of hydrogen-bond acceptors (Lipinski definition) is 4. The van der Waals surface area contributed by atoms with Crippen LogP contribution in [0.15, 0.2) is 24.3 Å². The van der Waals surface area contributed by atoms with Gasteiger partial charge < -0.3 is 20.1 Å². The molecule has 0 bridgehead atoms. The van der Waals surface area contributed by atoms with E-state index in [1.807, 2.05) is 24.3 Å². The molecule has 0 aliphatic heterocycles. The van der Waals surface area contributed by atoms with Crippen LogP contribution in [0, 0.1) is 0 Å². The van der Waals surface area contributed by atoms with Gasteiger partial charge in [0.1, 0.15) is 12.4 Å². The van der Waals surface area contributed by atoms with E-state index in [0.717, 1.165) is 0 Å². The molecule has 0 spiro atoms. The molecular weight excluding hydrogens is 296 g/mol. The van der Waals surface area contributed by atoms with Crippen molar-refractivity contribution in [1.82, 2.24) is 10.6 Å². The number of ether oxygens (including phenoxy) is 2. The van der Waals surface area contributed by atoms with E-state index in [2.05, 4.69) is 24.5 Å². The van der Waals surface area contributed by atoms with Crippen LogP contribution in [0.3, 0.4) is 0 Å². The first-order valence-electron chi connectivity index (χ1n) is 7.74. The van der Waals surface area contributed by atoms with Gasteiger partial charge in [-0.3, -0.25) is 9.59 Å². The van der Waals surface area contributed by atoms with E-state index in [-0.39, 0.29) is 18.4 Å². The van der Waals surface area contributed by atoms with Gasteiger partial charge in [0, 0.05) is 20.2 Å². The van der Waals surface area contributed by atoms with Crippen LogP contribution in [0.5, 0.6) is 5.75 Å². The van der Waals surface area contributed by atoms with Gasteiger partial charge >= 0.3 is 0 Å². The molecule has 23 heavy (non-hydrogen) atoms. The molecule has 0 radical (unpaired) electrons. The van der Waals surface area contributed by atoms with E-state index >= 15 is 0 Å². The van der Waals surface area contributed by atoms with Crippen LogP contribution >= 0.6 is 0 Å². The number of benzene rings is 1. The van der Waals surface area contributed by atoms with Crippen molar-refractivity contribution in [3.8, 4) is 5.75 Å². The van der Waals surface area contributed by atoms with E-state index in [9.17, 15) is 9.59 Å². The fourth-order valence-corrected chi connectivity index (χ4v) is 1.90. The topological polar surface area (TPSA) is 76.7 Å². The van der Waals surface area contributed by atoms with Crippen LogP contribution in [0.4, 0.5) is 0 Å². The zero-order valence-electron chi connectivity index (χ0n) is 14.2. The van der Waals surface area contributed by atoms with Crippen molar-refractivity contribution in [3.05, 3.63) is 29.8 Å². The summed E-state index contributed by atoms with van der Waals surface area (Å²) in [6.07, 6.45) is -0.602. The van der Waals surface area contributed by atoms with Crippen LogP contribution in [-0.2, 0) is 14.3 Å². The van der Waals surface area contributed by atoms with Gasteiger partial charge in [-0.05, 0) is 30.5 Å². The minimum atomic E-state index is -0.602. The van der Waals surface area contributed by atoms with Crippen molar-refractivity contribution >= 4 is 11.8 Å². The Labute approximate surface area is 137 Å². The zero-order valence-corrected chi connectivity index (χ0v) is 14.2. The highest BCUT2D eigenvalue weighted by molar-refractivity contribution is 5.81. The molecule has 2 N–H and O–H groups in total. The highest BCUT2D eigenvalue weighted by atomic mass is 16.5. The minimum absolute atomic E-state index is 0.0137. The molecule has 1 aromatic rings. The largest absolute Gasteiger partial charge is 0.481 e. The minimum Gasteiger partial charge on any atom is -0.481 e. The first-order chi connectivity index (χ1) is 10.9. The lowest BCUT2D eigenvalue weighted by molar-refractivity contribution is -0.128. The van der Waals surface area contributed by atoms with Gasteiger partial charge in [0.15, 0.2) is 6.10 Å². The first-order valence-corrected chi connectivity index (χ1v) is 7.74. The predicted molar refractivity (Wildman–Crippen MR) is 88.5 cm³/mol. The molecule has 1 atom stereocenters. The van der Waals surface area contributed by atoms with Crippen molar-refractivity contribution in [2.75, 3.05) is 26.8 Å². The van der Waals surface area contributed by atoms with Crippen LogP contribution < -0.4 is 15.4 Å². The molecule has 6 nitrogen and oxygen atoms in total. The Hall–Kier alpha value is -2.08. The smallest absolute Gasteiger partial charge is 0.260 e. The molecule has 2 amide bonds. The Kier molecular flexibility index (Phi) is 8.11. The number of carbonyl (C=O) groups excluding carboxylic acids is 2. The Morgan fingerprint density at radius 3 is 2.22 bits per heavy atom. The summed E-state index contributed by atoms with van der Waals surface area (Å²) in [4.78, 5) is 23.1. The second kappa shape index (κ2) is 9.84. The Morgan fingerprint density at radius 2 is 1.65 bits per heavy atom. The highest BCUT2D eigenvalue weighted by Gasteiger charge is 2.14. The number of methoxy groups -OCH3 is 1. The molecular formula is C17H26N2O4. The summed E-state index contributed by atoms with van der Waals surface area (Å²) < 4.78 is 10.3. The molecule has 0 aromatic heterocycles. The molecule has 1 aromatic carbocycles. The molecule has 0 saturated heterocycles. The normalized spacial score (nSPS) is 11.9. The number of amides is 2. The third-order valence-electron chi connectivity index (χ3n) is 3.25. The first kappa shape index (κ1) is 19.0. The Bertz CT molecular complexity index is 500. The molecule has 0 fully saturated rings. The van der Waals surface area contributed by atoms with Crippen molar-refractivity contribution in [3.63, 3.8) is 0 Å².